The standard InChI is InChI=1S/C9H18OSi2/c11-9(5-1-2-6-10-9)12-7-3-4-8-12/h7H,1-6,8H2,11H3. The molecule has 0 aliphatic carbocycles. The van der Waals surface area contributed by atoms with E-state index in [1.165, 1.54) is 48.4 Å². The minimum absolute atomic E-state index is 0.197. The molecule has 0 bridgehead atoms. The van der Waals surface area contributed by atoms with E-state index in [1.54, 1.807) is 0 Å². The van der Waals surface area contributed by atoms with Gasteiger partial charge in [0.15, 0.2) is 0 Å². The van der Waals surface area contributed by atoms with Gasteiger partial charge in [-0.25, -0.2) is 0 Å². The van der Waals surface area contributed by atoms with Crippen molar-refractivity contribution >= 4 is 24.3 Å². The van der Waals surface area contributed by atoms with Crippen LogP contribution in [0.3, 0.4) is 0 Å². The Morgan fingerprint density at radius 1 is 1.33 bits per heavy atom. The molecule has 2 aliphatic heterocycles. The van der Waals surface area contributed by atoms with E-state index in [1.807, 2.05) is 0 Å². The van der Waals surface area contributed by atoms with E-state index in [-0.39, 0.29) is 8.41 Å². The molecule has 0 amide bonds. The van der Waals surface area contributed by atoms with E-state index in [0.717, 1.165) is 6.61 Å². The van der Waals surface area contributed by atoms with Gasteiger partial charge in [0.05, 0.1) is 4.85 Å². The Hall–Kier alpha value is 0.264. The second kappa shape index (κ2) is 3.56. The molecule has 3 heteroatoms. The highest BCUT2D eigenvalue weighted by Crippen LogP contribution is 2.26. The molecule has 1 nitrogen and oxygen atoms in total. The molecule has 0 saturated carbocycles. The van der Waals surface area contributed by atoms with Crippen molar-refractivity contribution in [3.63, 3.8) is 0 Å². The molecule has 68 valence electrons. The van der Waals surface area contributed by atoms with Crippen LogP contribution in [0.15, 0.2) is 0 Å². The molecule has 2 heterocycles. The van der Waals surface area contributed by atoms with Crippen LogP contribution in [0.5, 0.6) is 0 Å². The van der Waals surface area contributed by atoms with Crippen LogP contribution < -0.4 is 0 Å². The third kappa shape index (κ3) is 1.63. The minimum atomic E-state index is -0.197. The van der Waals surface area contributed by atoms with Crippen molar-refractivity contribution in [1.82, 2.24) is 0 Å². The van der Waals surface area contributed by atoms with Gasteiger partial charge < -0.3 is 4.74 Å². The first-order chi connectivity index (χ1) is 5.81. The third-order valence-electron chi connectivity index (χ3n) is 3.19. The van der Waals surface area contributed by atoms with Crippen LogP contribution >= 0.6 is 0 Å². The summed E-state index contributed by atoms with van der Waals surface area (Å²) in [5, 5.41) is 0. The fraction of sp³-hybridized carbons (Fsp3) is 0.889. The number of hydrogen-bond donors (Lipinski definition) is 0. The predicted octanol–water partition coefficient (Wildman–Crippen LogP) is 0.460. The summed E-state index contributed by atoms with van der Waals surface area (Å²) in [4.78, 5) is 0.444. The van der Waals surface area contributed by atoms with Gasteiger partial charge in [0, 0.05) is 25.3 Å². The summed E-state index contributed by atoms with van der Waals surface area (Å²) in [5.74, 6) is 0. The summed E-state index contributed by atoms with van der Waals surface area (Å²) in [6, 6.07) is 1.49. The molecular formula is C9H18OSi2. The Bertz CT molecular complexity index is 195. The lowest BCUT2D eigenvalue weighted by atomic mass is 10.2. The molecule has 2 rings (SSSR count). The molecule has 0 spiro atoms. The van der Waals surface area contributed by atoms with Gasteiger partial charge in [-0.15, -0.1) is 5.67 Å². The van der Waals surface area contributed by atoms with Crippen LogP contribution in [0, 0.1) is 0 Å². The zero-order chi connectivity index (χ0) is 8.44. The molecule has 2 aliphatic rings. The first-order valence-corrected chi connectivity index (χ1v) is 7.93. The number of rotatable bonds is 1. The SMILES string of the molecule is [SiH3]C1([Si]2=CCCC2)CCCCO1. The molecule has 0 aromatic rings. The molecule has 1 saturated heterocycles. The highest BCUT2D eigenvalue weighted by Gasteiger charge is 2.32. The summed E-state index contributed by atoms with van der Waals surface area (Å²) < 4.78 is 6.03. The molecule has 0 radical (unpaired) electrons. The van der Waals surface area contributed by atoms with Crippen molar-refractivity contribution in [3.05, 3.63) is 0 Å². The van der Waals surface area contributed by atoms with Gasteiger partial charge in [-0.05, 0) is 38.1 Å². The average molecular weight is 198 g/mol. The van der Waals surface area contributed by atoms with Crippen LogP contribution in [-0.4, -0.2) is 35.8 Å². The van der Waals surface area contributed by atoms with E-state index < -0.39 is 0 Å². The summed E-state index contributed by atoms with van der Waals surface area (Å²) >= 11 is 0. The number of ether oxygens (including phenoxy) is 1. The van der Waals surface area contributed by atoms with Gasteiger partial charge in [-0.3, -0.25) is 0 Å². The van der Waals surface area contributed by atoms with Crippen molar-refractivity contribution < 1.29 is 4.74 Å². The van der Waals surface area contributed by atoms with Crippen LogP contribution in [0.2, 0.25) is 6.04 Å². The highest BCUT2D eigenvalue weighted by molar-refractivity contribution is 6.76. The van der Waals surface area contributed by atoms with Gasteiger partial charge >= 0.3 is 0 Å². The average Bonchev–Trinajstić information content (AvgIpc) is 2.58. The van der Waals surface area contributed by atoms with Gasteiger partial charge in [0.25, 0.3) is 0 Å². The molecule has 0 N–H and O–H groups in total. The Balaban J connectivity index is 2.07. The zero-order valence-electron chi connectivity index (χ0n) is 7.94. The fourth-order valence-corrected chi connectivity index (χ4v) is 7.35. The minimum Gasteiger partial charge on any atom is -0.379 e. The van der Waals surface area contributed by atoms with E-state index in [4.69, 9.17) is 4.74 Å². The summed E-state index contributed by atoms with van der Waals surface area (Å²) in [7, 11) is 1.07. The van der Waals surface area contributed by atoms with Crippen molar-refractivity contribution in [1.29, 1.82) is 0 Å². The second-order valence-corrected chi connectivity index (χ2v) is 9.79. The maximum Gasteiger partial charge on any atom is 0.0533 e. The lowest BCUT2D eigenvalue weighted by molar-refractivity contribution is 0.0350. The summed E-state index contributed by atoms with van der Waals surface area (Å²) in [6.45, 7) is 1.05. The van der Waals surface area contributed by atoms with Crippen LogP contribution in [0.1, 0.15) is 32.1 Å². The Labute approximate surface area is 79.1 Å². The Morgan fingerprint density at radius 2 is 2.25 bits per heavy atom. The molecular weight excluding hydrogens is 180 g/mol. The Morgan fingerprint density at radius 3 is 2.83 bits per heavy atom. The predicted molar refractivity (Wildman–Crippen MR) is 58.3 cm³/mol. The van der Waals surface area contributed by atoms with E-state index in [2.05, 4.69) is 5.67 Å². The first-order valence-electron chi connectivity index (χ1n) is 5.15. The lowest BCUT2D eigenvalue weighted by Gasteiger charge is -2.35. The first kappa shape index (κ1) is 8.84. The smallest absolute Gasteiger partial charge is 0.0533 e. The summed E-state index contributed by atoms with van der Waals surface area (Å²) in [6.07, 6.45) is 6.93. The van der Waals surface area contributed by atoms with Gasteiger partial charge in [0.1, 0.15) is 0 Å². The molecule has 12 heavy (non-hydrogen) atoms. The Kier molecular flexibility index (Phi) is 2.62. The topological polar surface area (TPSA) is 9.23 Å². The maximum absolute atomic E-state index is 6.03. The maximum atomic E-state index is 6.03. The van der Waals surface area contributed by atoms with Gasteiger partial charge in [-0.1, -0.05) is 0 Å². The van der Waals surface area contributed by atoms with Crippen LogP contribution in [0.4, 0.5) is 0 Å². The summed E-state index contributed by atoms with van der Waals surface area (Å²) in [5.41, 5.74) is 2.61. The normalized spacial score (nSPS) is 36.8. The van der Waals surface area contributed by atoms with Crippen molar-refractivity contribution in [2.45, 2.75) is 43.0 Å². The van der Waals surface area contributed by atoms with Crippen molar-refractivity contribution in [2.24, 2.45) is 0 Å². The van der Waals surface area contributed by atoms with Crippen LogP contribution in [0.25, 0.3) is 0 Å². The van der Waals surface area contributed by atoms with Crippen LogP contribution in [-0.2, 0) is 4.74 Å². The van der Waals surface area contributed by atoms with Crippen molar-refractivity contribution in [3.8, 4) is 0 Å². The monoisotopic (exact) mass is 198 g/mol. The largest absolute Gasteiger partial charge is 0.379 e. The molecule has 1 atom stereocenters. The zero-order valence-corrected chi connectivity index (χ0v) is 10.9. The van der Waals surface area contributed by atoms with Gasteiger partial charge in [0.2, 0.25) is 0 Å². The van der Waals surface area contributed by atoms with E-state index in [9.17, 15) is 0 Å². The highest BCUT2D eigenvalue weighted by atomic mass is 28.3. The van der Waals surface area contributed by atoms with E-state index in [0.29, 0.717) is 4.85 Å². The second-order valence-electron chi connectivity index (χ2n) is 4.16. The van der Waals surface area contributed by atoms with Crippen molar-refractivity contribution in [2.75, 3.05) is 6.61 Å². The quantitative estimate of drug-likeness (QED) is 0.556. The van der Waals surface area contributed by atoms with E-state index >= 15 is 0 Å². The molecule has 1 unspecified atom stereocenters. The number of hydrogen-bond acceptors (Lipinski definition) is 1. The third-order valence-corrected chi connectivity index (χ3v) is 9.33. The molecule has 0 aromatic heterocycles. The lowest BCUT2D eigenvalue weighted by Crippen LogP contribution is -2.46. The molecule has 1 fully saturated rings. The molecule has 0 aromatic carbocycles. The van der Waals surface area contributed by atoms with Gasteiger partial charge in [-0.2, -0.15) is 0 Å². The fourth-order valence-electron chi connectivity index (χ4n) is 2.34.